The van der Waals surface area contributed by atoms with Crippen LogP contribution in [-0.2, 0) is 26.2 Å². The van der Waals surface area contributed by atoms with Crippen LogP contribution in [0.3, 0.4) is 0 Å². The molecule has 33 heavy (non-hydrogen) atoms. The highest BCUT2D eigenvalue weighted by Crippen LogP contribution is 2.32. The Balaban J connectivity index is 1.43. The summed E-state index contributed by atoms with van der Waals surface area (Å²) in [5.41, 5.74) is 0.515. The summed E-state index contributed by atoms with van der Waals surface area (Å²) in [6.07, 6.45) is 0.195. The molecule has 3 rings (SSSR count). The second-order valence-corrected chi connectivity index (χ2v) is 8.60. The predicted octanol–water partition coefficient (Wildman–Crippen LogP) is 2.87. The number of esters is 1. The summed E-state index contributed by atoms with van der Waals surface area (Å²) in [5, 5.41) is 0. The van der Waals surface area contributed by atoms with E-state index in [1.807, 2.05) is 0 Å². The first-order valence-corrected chi connectivity index (χ1v) is 11.4. The molecule has 0 radical (unpaired) electrons. The van der Waals surface area contributed by atoms with Crippen LogP contribution in [0.5, 0.6) is 23.0 Å². The molecule has 0 fully saturated rings. The quantitative estimate of drug-likeness (QED) is 0.381. The van der Waals surface area contributed by atoms with Crippen LogP contribution in [0.15, 0.2) is 41.3 Å². The predicted molar refractivity (Wildman–Crippen MR) is 111 cm³/mol. The number of fused-ring (bicyclic) bond motifs is 1. The van der Waals surface area contributed by atoms with Crippen LogP contribution < -0.4 is 23.7 Å². The molecule has 0 atom stereocenters. The number of hydrogen-bond acceptors (Lipinski definition) is 8. The summed E-state index contributed by atoms with van der Waals surface area (Å²) in [6.45, 7) is -2.33. The van der Waals surface area contributed by atoms with E-state index < -0.39 is 22.6 Å². The largest absolute Gasteiger partial charge is 0.493 e. The fraction of sp³-hybridized carbons (Fsp3) is 0.381. The molecule has 1 aliphatic rings. The molecule has 0 amide bonds. The molecule has 12 heteroatoms. The molecule has 2 aromatic carbocycles. The molecular weight excluding hydrogens is 464 g/mol. The van der Waals surface area contributed by atoms with Gasteiger partial charge in [-0.1, -0.05) is 6.07 Å². The van der Waals surface area contributed by atoms with Gasteiger partial charge in [0.2, 0.25) is 10.0 Å². The zero-order valence-corrected chi connectivity index (χ0v) is 18.5. The van der Waals surface area contributed by atoms with E-state index >= 15 is 0 Å². The standard InChI is InChI=1S/C21H23F2NO8S/c1-28-18-11-14(4-6-17(18)32-21(22)23)13-31-20(25)3-2-8-24-33(26,27)15-5-7-16-19(12-15)30-10-9-29-16/h4-7,11-12,21,24H,2-3,8-10,13H2,1H3. The van der Waals surface area contributed by atoms with Gasteiger partial charge in [-0.05, 0) is 36.2 Å². The Kier molecular flexibility index (Phi) is 8.28. The van der Waals surface area contributed by atoms with Gasteiger partial charge >= 0.3 is 12.6 Å². The van der Waals surface area contributed by atoms with Gasteiger partial charge < -0.3 is 23.7 Å². The Morgan fingerprint density at radius 2 is 1.85 bits per heavy atom. The monoisotopic (exact) mass is 487 g/mol. The van der Waals surface area contributed by atoms with Crippen molar-refractivity contribution < 1.29 is 45.7 Å². The fourth-order valence-electron chi connectivity index (χ4n) is 2.94. The number of rotatable bonds is 11. The summed E-state index contributed by atoms with van der Waals surface area (Å²) in [5.74, 6) is 0.251. The SMILES string of the molecule is COc1cc(COC(=O)CCCNS(=O)(=O)c2ccc3c(c2)OCCO3)ccc1OC(F)F. The average Bonchev–Trinajstić information content (AvgIpc) is 2.80. The van der Waals surface area contributed by atoms with Crippen molar-refractivity contribution in [3.05, 3.63) is 42.0 Å². The molecule has 0 aliphatic carbocycles. The number of benzene rings is 2. The molecule has 0 saturated carbocycles. The van der Waals surface area contributed by atoms with E-state index in [9.17, 15) is 22.0 Å². The number of carbonyl (C=O) groups is 1. The number of hydrogen-bond donors (Lipinski definition) is 1. The van der Waals surface area contributed by atoms with Gasteiger partial charge in [0.1, 0.15) is 19.8 Å². The third-order valence-electron chi connectivity index (χ3n) is 4.52. The lowest BCUT2D eigenvalue weighted by molar-refractivity contribution is -0.145. The molecule has 1 N–H and O–H groups in total. The zero-order valence-electron chi connectivity index (χ0n) is 17.7. The van der Waals surface area contributed by atoms with E-state index in [0.29, 0.717) is 30.3 Å². The van der Waals surface area contributed by atoms with E-state index in [0.717, 1.165) is 0 Å². The highest BCUT2D eigenvalue weighted by Gasteiger charge is 2.19. The summed E-state index contributed by atoms with van der Waals surface area (Å²) in [7, 11) is -2.48. The van der Waals surface area contributed by atoms with Crippen LogP contribution in [0.2, 0.25) is 0 Å². The topological polar surface area (TPSA) is 109 Å². The lowest BCUT2D eigenvalue weighted by atomic mass is 10.2. The first-order chi connectivity index (χ1) is 15.8. The summed E-state index contributed by atoms with van der Waals surface area (Å²) in [4.78, 5) is 12.0. The fourth-order valence-corrected chi connectivity index (χ4v) is 4.03. The lowest BCUT2D eigenvalue weighted by Gasteiger charge is -2.18. The van der Waals surface area contributed by atoms with Crippen molar-refractivity contribution in [3.8, 4) is 23.0 Å². The van der Waals surface area contributed by atoms with Crippen molar-refractivity contribution in [3.63, 3.8) is 0 Å². The molecule has 9 nitrogen and oxygen atoms in total. The Morgan fingerprint density at radius 3 is 2.58 bits per heavy atom. The Morgan fingerprint density at radius 1 is 1.09 bits per heavy atom. The smallest absolute Gasteiger partial charge is 0.387 e. The third kappa shape index (κ3) is 6.93. The highest BCUT2D eigenvalue weighted by molar-refractivity contribution is 7.89. The molecular formula is C21H23F2NO8S. The van der Waals surface area contributed by atoms with Crippen molar-refractivity contribution >= 4 is 16.0 Å². The van der Waals surface area contributed by atoms with Crippen LogP contribution in [0, 0.1) is 0 Å². The molecule has 1 heterocycles. The second-order valence-electron chi connectivity index (χ2n) is 6.83. The van der Waals surface area contributed by atoms with Crippen LogP contribution in [0.25, 0.3) is 0 Å². The summed E-state index contributed by atoms with van der Waals surface area (Å²) < 4.78 is 77.3. The van der Waals surface area contributed by atoms with Crippen molar-refractivity contribution in [1.82, 2.24) is 4.72 Å². The molecule has 0 bridgehead atoms. The van der Waals surface area contributed by atoms with Crippen LogP contribution in [0.1, 0.15) is 18.4 Å². The highest BCUT2D eigenvalue weighted by atomic mass is 32.2. The van der Waals surface area contributed by atoms with Crippen LogP contribution in [0.4, 0.5) is 8.78 Å². The first-order valence-electron chi connectivity index (χ1n) is 9.95. The number of halogens is 2. The number of sulfonamides is 1. The maximum Gasteiger partial charge on any atom is 0.387 e. The molecule has 0 saturated heterocycles. The number of alkyl halides is 2. The van der Waals surface area contributed by atoms with E-state index in [4.69, 9.17) is 18.9 Å². The van der Waals surface area contributed by atoms with Gasteiger partial charge in [0, 0.05) is 19.0 Å². The zero-order chi connectivity index (χ0) is 23.8. The number of methoxy groups -OCH3 is 1. The maximum atomic E-state index is 12.4. The minimum Gasteiger partial charge on any atom is -0.493 e. The third-order valence-corrected chi connectivity index (χ3v) is 5.98. The van der Waals surface area contributed by atoms with Gasteiger partial charge in [-0.15, -0.1) is 0 Å². The Hall–Kier alpha value is -3.12. The Bertz CT molecular complexity index is 1080. The number of ether oxygens (including phenoxy) is 5. The van der Waals surface area contributed by atoms with Crippen molar-refractivity contribution in [2.24, 2.45) is 0 Å². The Labute approximate surface area is 189 Å². The van der Waals surface area contributed by atoms with Gasteiger partial charge in [0.05, 0.1) is 12.0 Å². The van der Waals surface area contributed by atoms with E-state index in [2.05, 4.69) is 9.46 Å². The van der Waals surface area contributed by atoms with Crippen molar-refractivity contribution in [1.29, 1.82) is 0 Å². The van der Waals surface area contributed by atoms with E-state index in [1.165, 1.54) is 43.5 Å². The normalized spacial score (nSPS) is 13.0. The first kappa shape index (κ1) is 24.5. The van der Waals surface area contributed by atoms with Gasteiger partial charge in [0.15, 0.2) is 23.0 Å². The molecule has 0 unspecified atom stereocenters. The van der Waals surface area contributed by atoms with Crippen LogP contribution >= 0.6 is 0 Å². The molecule has 1 aliphatic heterocycles. The number of nitrogens with one attached hydrogen (secondary N) is 1. The summed E-state index contributed by atoms with van der Waals surface area (Å²) >= 11 is 0. The lowest BCUT2D eigenvalue weighted by Crippen LogP contribution is -2.25. The molecule has 0 spiro atoms. The molecule has 180 valence electrons. The molecule has 0 aromatic heterocycles. The van der Waals surface area contributed by atoms with Crippen LogP contribution in [-0.4, -0.2) is 47.9 Å². The summed E-state index contributed by atoms with van der Waals surface area (Å²) in [6, 6.07) is 8.51. The van der Waals surface area contributed by atoms with Crippen molar-refractivity contribution in [2.45, 2.75) is 31.0 Å². The maximum absolute atomic E-state index is 12.4. The second kappa shape index (κ2) is 11.1. The van der Waals surface area contributed by atoms with E-state index in [1.54, 1.807) is 0 Å². The van der Waals surface area contributed by atoms with Gasteiger partial charge in [-0.2, -0.15) is 8.78 Å². The average molecular weight is 487 g/mol. The van der Waals surface area contributed by atoms with Gasteiger partial charge in [0.25, 0.3) is 0 Å². The van der Waals surface area contributed by atoms with Gasteiger partial charge in [-0.25, -0.2) is 13.1 Å². The van der Waals surface area contributed by atoms with E-state index in [-0.39, 0.29) is 42.4 Å². The molecule has 2 aromatic rings. The number of carbonyl (C=O) groups excluding carboxylic acids is 1. The minimum atomic E-state index is -3.78. The van der Waals surface area contributed by atoms with Gasteiger partial charge in [-0.3, -0.25) is 4.79 Å². The minimum absolute atomic E-state index is 0.0205. The van der Waals surface area contributed by atoms with Crippen molar-refractivity contribution in [2.75, 3.05) is 26.9 Å².